The number of thioether (sulfide) groups is 1. The van der Waals surface area contributed by atoms with Crippen LogP contribution in [0.25, 0.3) is 5.76 Å². The maximum Gasteiger partial charge on any atom is 0.301 e. The molecule has 1 aromatic heterocycles. The summed E-state index contributed by atoms with van der Waals surface area (Å²) in [6.07, 6.45) is 1.95. The fraction of sp³-hybridized carbons (Fsp3) is 0.226. The zero-order valence-corrected chi connectivity index (χ0v) is 24.3. The molecule has 0 bridgehead atoms. The molecule has 2 heterocycles. The van der Waals surface area contributed by atoms with Gasteiger partial charge in [0.25, 0.3) is 5.78 Å². The number of aromatic nitrogens is 2. The summed E-state index contributed by atoms with van der Waals surface area (Å²) in [5.41, 5.74) is 2.10. The van der Waals surface area contributed by atoms with Crippen LogP contribution in [0.2, 0.25) is 0 Å². The van der Waals surface area contributed by atoms with Gasteiger partial charge in [-0.15, -0.1) is 10.2 Å². The number of anilines is 1. The average Bonchev–Trinajstić information content (AvgIpc) is 3.58. The minimum Gasteiger partial charge on any atom is -0.507 e. The van der Waals surface area contributed by atoms with E-state index in [4.69, 9.17) is 9.47 Å². The number of aliphatic hydroxyl groups excluding tert-OH is 1. The molecule has 1 aliphatic rings. The molecule has 10 heteroatoms. The predicted octanol–water partition coefficient (Wildman–Crippen LogP) is 6.64. The molecule has 0 saturated carbocycles. The quantitative estimate of drug-likeness (QED) is 0.0520. The summed E-state index contributed by atoms with van der Waals surface area (Å²) in [7, 11) is 1.54. The lowest BCUT2D eigenvalue weighted by atomic mass is 9.95. The number of unbranched alkanes of at least 4 members (excludes halogenated alkanes) is 1. The number of hydrogen-bond acceptors (Lipinski definition) is 9. The number of ether oxygens (including phenoxy) is 2. The highest BCUT2D eigenvalue weighted by Crippen LogP contribution is 2.44. The van der Waals surface area contributed by atoms with Gasteiger partial charge in [0, 0.05) is 11.3 Å². The molecule has 8 nitrogen and oxygen atoms in total. The van der Waals surface area contributed by atoms with Crippen molar-refractivity contribution in [3.05, 3.63) is 101 Å². The summed E-state index contributed by atoms with van der Waals surface area (Å²) in [5, 5.41) is 20.2. The Morgan fingerprint density at radius 2 is 1.78 bits per heavy atom. The highest BCUT2D eigenvalue weighted by atomic mass is 32.2. The molecule has 4 aromatic rings. The lowest BCUT2D eigenvalue weighted by Crippen LogP contribution is -2.29. The molecule has 3 aromatic carbocycles. The lowest BCUT2D eigenvalue weighted by Gasteiger charge is -2.23. The third-order valence-corrected chi connectivity index (χ3v) is 8.68. The fourth-order valence-corrected chi connectivity index (χ4v) is 6.26. The van der Waals surface area contributed by atoms with Crippen molar-refractivity contribution >= 4 is 45.7 Å². The number of amides is 1. The van der Waals surface area contributed by atoms with E-state index in [2.05, 4.69) is 17.1 Å². The standard InChI is InChI=1S/C31H29N3O5S2/c1-3-4-17-39-23-15-13-21(14-16-23)27(35)25-26(22-11-8-12-24(18-22)38-2)34(29(37)28(25)36)30-32-33-31(41-30)40-19-20-9-6-5-7-10-20/h5-16,18,26,35H,3-4,17,19H2,1-2H3/b27-25-. The molecule has 5 rings (SSSR count). The lowest BCUT2D eigenvalue weighted by molar-refractivity contribution is -0.132. The molecule has 1 amide bonds. The van der Waals surface area contributed by atoms with Crippen molar-refractivity contribution in [2.24, 2.45) is 0 Å². The zero-order chi connectivity index (χ0) is 28.8. The van der Waals surface area contributed by atoms with Crippen molar-refractivity contribution in [2.45, 2.75) is 35.9 Å². The van der Waals surface area contributed by atoms with Crippen molar-refractivity contribution in [3.8, 4) is 11.5 Å². The van der Waals surface area contributed by atoms with Crippen molar-refractivity contribution in [3.63, 3.8) is 0 Å². The average molecular weight is 588 g/mol. The van der Waals surface area contributed by atoms with Gasteiger partial charge in [0.15, 0.2) is 4.34 Å². The van der Waals surface area contributed by atoms with Crippen LogP contribution in [-0.2, 0) is 15.3 Å². The Morgan fingerprint density at radius 3 is 2.51 bits per heavy atom. The van der Waals surface area contributed by atoms with Crippen LogP contribution in [-0.4, -0.2) is 40.7 Å². The molecule has 0 aliphatic carbocycles. The van der Waals surface area contributed by atoms with E-state index in [9.17, 15) is 14.7 Å². The number of rotatable bonds is 11. The molecule has 1 atom stereocenters. The zero-order valence-electron chi connectivity index (χ0n) is 22.6. The summed E-state index contributed by atoms with van der Waals surface area (Å²) < 4.78 is 11.8. The minimum atomic E-state index is -0.925. The SMILES string of the molecule is CCCCOc1ccc(/C(O)=C2/C(=O)C(=O)N(c3nnc(SCc4ccccc4)s3)C2c2cccc(OC)c2)cc1. The Kier molecular flexibility index (Phi) is 9.01. The number of aliphatic hydroxyl groups is 1. The summed E-state index contributed by atoms with van der Waals surface area (Å²) in [6.45, 7) is 2.68. The van der Waals surface area contributed by atoms with E-state index in [1.165, 1.54) is 28.0 Å². The largest absolute Gasteiger partial charge is 0.507 e. The Hall–Kier alpha value is -4.15. The fourth-order valence-electron chi connectivity index (χ4n) is 4.43. The van der Waals surface area contributed by atoms with Crippen LogP contribution in [0.1, 0.15) is 42.5 Å². The molecule has 1 fully saturated rings. The van der Waals surface area contributed by atoms with Gasteiger partial charge >= 0.3 is 5.91 Å². The highest BCUT2D eigenvalue weighted by molar-refractivity contribution is 8.00. The molecule has 0 radical (unpaired) electrons. The van der Waals surface area contributed by atoms with Crippen LogP contribution in [0.3, 0.4) is 0 Å². The van der Waals surface area contributed by atoms with Crippen LogP contribution in [0.15, 0.2) is 88.8 Å². The maximum atomic E-state index is 13.5. The van der Waals surface area contributed by atoms with E-state index in [0.29, 0.717) is 39.3 Å². The van der Waals surface area contributed by atoms with Gasteiger partial charge in [-0.1, -0.05) is 78.9 Å². The Bertz CT molecular complexity index is 1550. The first-order chi connectivity index (χ1) is 20.0. The van der Waals surface area contributed by atoms with E-state index < -0.39 is 17.7 Å². The van der Waals surface area contributed by atoms with Gasteiger partial charge in [0.2, 0.25) is 5.13 Å². The van der Waals surface area contributed by atoms with Crippen LogP contribution in [0.5, 0.6) is 11.5 Å². The Balaban J connectivity index is 1.51. The van der Waals surface area contributed by atoms with Crippen molar-refractivity contribution in [2.75, 3.05) is 18.6 Å². The second-order valence-electron chi connectivity index (χ2n) is 9.30. The van der Waals surface area contributed by atoms with Crippen molar-refractivity contribution in [1.82, 2.24) is 10.2 Å². The molecule has 210 valence electrons. The normalized spacial score (nSPS) is 16.2. The summed E-state index contributed by atoms with van der Waals surface area (Å²) in [4.78, 5) is 28.3. The van der Waals surface area contributed by atoms with E-state index in [0.717, 1.165) is 18.4 Å². The molecule has 1 unspecified atom stereocenters. The number of carbonyl (C=O) groups is 2. The topological polar surface area (TPSA) is 102 Å². The van der Waals surface area contributed by atoms with Crippen LogP contribution in [0.4, 0.5) is 5.13 Å². The van der Waals surface area contributed by atoms with Gasteiger partial charge < -0.3 is 14.6 Å². The number of nitrogens with zero attached hydrogens (tertiary/aromatic N) is 3. The Labute approximate surface area is 246 Å². The van der Waals surface area contributed by atoms with Crippen LogP contribution < -0.4 is 14.4 Å². The van der Waals surface area contributed by atoms with Gasteiger partial charge in [-0.3, -0.25) is 14.5 Å². The smallest absolute Gasteiger partial charge is 0.301 e. The number of carbonyl (C=O) groups excluding carboxylic acids is 2. The summed E-state index contributed by atoms with van der Waals surface area (Å²) in [6, 6.07) is 23.0. The maximum absolute atomic E-state index is 13.5. The molecular weight excluding hydrogens is 558 g/mol. The number of benzene rings is 3. The summed E-state index contributed by atoms with van der Waals surface area (Å²) >= 11 is 2.73. The van der Waals surface area contributed by atoms with Gasteiger partial charge in [-0.05, 0) is 53.9 Å². The number of methoxy groups -OCH3 is 1. The van der Waals surface area contributed by atoms with E-state index in [1.807, 2.05) is 30.3 Å². The van der Waals surface area contributed by atoms with Crippen molar-refractivity contribution < 1.29 is 24.2 Å². The molecule has 1 aliphatic heterocycles. The molecule has 1 saturated heterocycles. The minimum absolute atomic E-state index is 0.0309. The molecular formula is C31H29N3O5S2. The van der Waals surface area contributed by atoms with Gasteiger partial charge in [0.05, 0.1) is 25.3 Å². The molecule has 41 heavy (non-hydrogen) atoms. The second-order valence-corrected chi connectivity index (χ2v) is 11.5. The van der Waals surface area contributed by atoms with E-state index in [-0.39, 0.29) is 16.5 Å². The third kappa shape index (κ3) is 6.28. The van der Waals surface area contributed by atoms with Crippen LogP contribution in [0, 0.1) is 0 Å². The first kappa shape index (κ1) is 28.4. The predicted molar refractivity (Wildman–Crippen MR) is 161 cm³/mol. The summed E-state index contributed by atoms with van der Waals surface area (Å²) in [5.74, 6) is 0.0438. The molecule has 1 N–H and O–H groups in total. The Morgan fingerprint density at radius 1 is 1.00 bits per heavy atom. The van der Waals surface area contributed by atoms with Crippen LogP contribution >= 0.6 is 23.1 Å². The number of Topliss-reactive ketones (excluding diaryl/α,β-unsaturated/α-hetero) is 1. The molecule has 0 spiro atoms. The van der Waals surface area contributed by atoms with Gasteiger partial charge in [0.1, 0.15) is 17.3 Å². The second kappa shape index (κ2) is 13.0. The first-order valence-electron chi connectivity index (χ1n) is 13.2. The van der Waals surface area contributed by atoms with Crippen molar-refractivity contribution in [1.29, 1.82) is 0 Å². The van der Waals surface area contributed by atoms with E-state index >= 15 is 0 Å². The van der Waals surface area contributed by atoms with Gasteiger partial charge in [-0.2, -0.15) is 0 Å². The third-order valence-electron chi connectivity index (χ3n) is 6.56. The first-order valence-corrected chi connectivity index (χ1v) is 15.0. The van der Waals surface area contributed by atoms with E-state index in [1.54, 1.807) is 55.6 Å². The van der Waals surface area contributed by atoms with Gasteiger partial charge in [-0.25, -0.2) is 0 Å². The highest BCUT2D eigenvalue weighted by Gasteiger charge is 2.48. The number of ketones is 1. The monoisotopic (exact) mass is 587 g/mol. The number of hydrogen-bond donors (Lipinski definition) is 1.